The summed E-state index contributed by atoms with van der Waals surface area (Å²) < 4.78 is 1.05. The number of hydrogen-bond donors (Lipinski definition) is 0. The molecule has 0 spiro atoms. The third-order valence-corrected chi connectivity index (χ3v) is 3.86. The molecule has 0 aliphatic carbocycles. The van der Waals surface area contributed by atoms with Crippen molar-refractivity contribution in [2.24, 2.45) is 0 Å². The summed E-state index contributed by atoms with van der Waals surface area (Å²) >= 11 is 4.97. The molecule has 2 aromatic rings. The first-order valence-electron chi connectivity index (χ1n) is 4.86. The Labute approximate surface area is 106 Å². The van der Waals surface area contributed by atoms with E-state index in [1.165, 1.54) is 0 Å². The van der Waals surface area contributed by atoms with E-state index in [2.05, 4.69) is 20.9 Å². The Balaban J connectivity index is 2.18. The van der Waals surface area contributed by atoms with E-state index in [9.17, 15) is 4.79 Å². The van der Waals surface area contributed by atoms with E-state index >= 15 is 0 Å². The number of pyridine rings is 1. The number of halogens is 1. The van der Waals surface area contributed by atoms with E-state index < -0.39 is 0 Å². The number of thiophene rings is 1. The minimum atomic E-state index is 0.0763. The van der Waals surface area contributed by atoms with E-state index in [0.717, 1.165) is 14.2 Å². The van der Waals surface area contributed by atoms with Gasteiger partial charge in [-0.15, -0.1) is 11.3 Å². The number of hydrogen-bond acceptors (Lipinski definition) is 3. The van der Waals surface area contributed by atoms with E-state index in [1.807, 2.05) is 31.2 Å². The molecular weight excluding hydrogens is 286 g/mol. The van der Waals surface area contributed by atoms with Crippen LogP contribution in [0.15, 0.2) is 34.2 Å². The summed E-state index contributed by atoms with van der Waals surface area (Å²) in [6.45, 7) is 1.91. The van der Waals surface area contributed by atoms with Gasteiger partial charge in [0.15, 0.2) is 5.78 Å². The lowest BCUT2D eigenvalue weighted by Gasteiger charge is -2.01. The lowest BCUT2D eigenvalue weighted by molar-refractivity contribution is 0.0988. The Hall–Kier alpha value is -1.000. The molecule has 2 heterocycles. The van der Waals surface area contributed by atoms with Crippen molar-refractivity contribution in [3.8, 4) is 0 Å². The molecule has 0 N–H and O–H groups in total. The van der Waals surface area contributed by atoms with E-state index in [0.29, 0.717) is 12.1 Å². The van der Waals surface area contributed by atoms with Gasteiger partial charge in [-0.05, 0) is 46.6 Å². The number of aryl methyl sites for hydroxylation is 1. The van der Waals surface area contributed by atoms with Crippen molar-refractivity contribution in [2.45, 2.75) is 13.3 Å². The Morgan fingerprint density at radius 3 is 2.88 bits per heavy atom. The molecule has 0 fully saturated rings. The van der Waals surface area contributed by atoms with Crippen LogP contribution in [-0.4, -0.2) is 10.8 Å². The zero-order chi connectivity index (χ0) is 11.5. The van der Waals surface area contributed by atoms with Gasteiger partial charge >= 0.3 is 0 Å². The fraction of sp³-hybridized carbons (Fsp3) is 0.167. The number of ketones is 1. The zero-order valence-electron chi connectivity index (χ0n) is 8.74. The van der Waals surface area contributed by atoms with Crippen molar-refractivity contribution in [3.63, 3.8) is 0 Å². The molecule has 0 radical (unpaired) electrons. The highest BCUT2D eigenvalue weighted by molar-refractivity contribution is 9.11. The number of carbonyl (C=O) groups excluding carboxylic acids is 1. The fourth-order valence-electron chi connectivity index (χ4n) is 1.47. The van der Waals surface area contributed by atoms with Gasteiger partial charge in [0, 0.05) is 17.5 Å². The second-order valence-corrected chi connectivity index (χ2v) is 6.02. The van der Waals surface area contributed by atoms with Gasteiger partial charge in [-0.3, -0.25) is 9.78 Å². The molecule has 0 amide bonds. The molecule has 0 saturated carbocycles. The van der Waals surface area contributed by atoms with Crippen LogP contribution in [0.1, 0.15) is 20.9 Å². The normalized spacial score (nSPS) is 10.4. The summed E-state index contributed by atoms with van der Waals surface area (Å²) in [4.78, 5) is 17.2. The third-order valence-electron chi connectivity index (χ3n) is 2.24. The van der Waals surface area contributed by atoms with Crippen molar-refractivity contribution in [1.29, 1.82) is 0 Å². The standard InChI is InChI=1S/C12H10BrNOS/c1-8-3-2-6-14-12(8)10(15)7-9-4-5-11(13)16-9/h2-6H,7H2,1H3. The number of Topliss-reactive ketones (excluding diaryl/α,β-unsaturated/α-hetero) is 1. The zero-order valence-corrected chi connectivity index (χ0v) is 11.1. The van der Waals surface area contributed by atoms with Gasteiger partial charge in [0.05, 0.1) is 3.79 Å². The molecule has 82 valence electrons. The number of aromatic nitrogens is 1. The van der Waals surface area contributed by atoms with Gasteiger partial charge in [-0.1, -0.05) is 6.07 Å². The Morgan fingerprint density at radius 1 is 1.44 bits per heavy atom. The van der Waals surface area contributed by atoms with Crippen LogP contribution in [0.4, 0.5) is 0 Å². The average molecular weight is 296 g/mol. The number of nitrogens with zero attached hydrogens (tertiary/aromatic N) is 1. The summed E-state index contributed by atoms with van der Waals surface area (Å²) in [5.74, 6) is 0.0763. The summed E-state index contributed by atoms with van der Waals surface area (Å²) in [6, 6.07) is 7.67. The largest absolute Gasteiger partial charge is 0.292 e. The summed E-state index contributed by atoms with van der Waals surface area (Å²) in [6.07, 6.45) is 2.08. The molecule has 2 nitrogen and oxygen atoms in total. The second kappa shape index (κ2) is 4.89. The highest BCUT2D eigenvalue weighted by Crippen LogP contribution is 2.23. The first-order valence-corrected chi connectivity index (χ1v) is 6.47. The molecule has 0 aromatic carbocycles. The molecule has 4 heteroatoms. The monoisotopic (exact) mass is 295 g/mol. The first kappa shape index (κ1) is 11.5. The molecular formula is C12H10BrNOS. The fourth-order valence-corrected chi connectivity index (χ4v) is 2.95. The lowest BCUT2D eigenvalue weighted by Crippen LogP contribution is -2.06. The smallest absolute Gasteiger partial charge is 0.186 e. The predicted molar refractivity (Wildman–Crippen MR) is 69.0 cm³/mol. The van der Waals surface area contributed by atoms with Crippen LogP contribution in [0.3, 0.4) is 0 Å². The van der Waals surface area contributed by atoms with E-state index in [-0.39, 0.29) is 5.78 Å². The van der Waals surface area contributed by atoms with Gasteiger partial charge in [-0.25, -0.2) is 0 Å². The molecule has 0 aliphatic rings. The second-order valence-electron chi connectivity index (χ2n) is 3.47. The minimum Gasteiger partial charge on any atom is -0.292 e. The van der Waals surface area contributed by atoms with Crippen LogP contribution in [-0.2, 0) is 6.42 Å². The Bertz CT molecular complexity index is 521. The van der Waals surface area contributed by atoms with Crippen LogP contribution in [0.2, 0.25) is 0 Å². The van der Waals surface area contributed by atoms with E-state index in [4.69, 9.17) is 0 Å². The molecule has 2 rings (SSSR count). The van der Waals surface area contributed by atoms with Gasteiger partial charge in [0.2, 0.25) is 0 Å². The van der Waals surface area contributed by atoms with Crippen LogP contribution in [0.5, 0.6) is 0 Å². The maximum Gasteiger partial charge on any atom is 0.186 e. The number of carbonyl (C=O) groups is 1. The molecule has 0 bridgehead atoms. The van der Waals surface area contributed by atoms with Crippen molar-refractivity contribution in [1.82, 2.24) is 4.98 Å². The predicted octanol–water partition coefficient (Wildman–Crippen LogP) is 3.64. The quantitative estimate of drug-likeness (QED) is 0.809. The maximum atomic E-state index is 12.0. The van der Waals surface area contributed by atoms with E-state index in [1.54, 1.807) is 17.5 Å². The van der Waals surface area contributed by atoms with Crippen LogP contribution < -0.4 is 0 Å². The molecule has 0 atom stereocenters. The van der Waals surface area contributed by atoms with Crippen LogP contribution in [0.25, 0.3) is 0 Å². The minimum absolute atomic E-state index is 0.0763. The maximum absolute atomic E-state index is 12.0. The number of rotatable bonds is 3. The molecule has 0 aliphatic heterocycles. The first-order chi connectivity index (χ1) is 7.66. The van der Waals surface area contributed by atoms with Crippen molar-refractivity contribution < 1.29 is 4.79 Å². The SMILES string of the molecule is Cc1cccnc1C(=O)Cc1ccc(Br)s1. The summed E-state index contributed by atoms with van der Waals surface area (Å²) in [7, 11) is 0. The lowest BCUT2D eigenvalue weighted by atomic mass is 10.1. The van der Waals surface area contributed by atoms with Crippen molar-refractivity contribution in [3.05, 3.63) is 50.4 Å². The average Bonchev–Trinajstić information content (AvgIpc) is 2.64. The summed E-state index contributed by atoms with van der Waals surface area (Å²) in [5.41, 5.74) is 1.51. The van der Waals surface area contributed by atoms with Gasteiger partial charge < -0.3 is 0 Å². The van der Waals surface area contributed by atoms with Crippen molar-refractivity contribution in [2.75, 3.05) is 0 Å². The topological polar surface area (TPSA) is 30.0 Å². The highest BCUT2D eigenvalue weighted by Gasteiger charge is 2.11. The van der Waals surface area contributed by atoms with Crippen LogP contribution in [0, 0.1) is 6.92 Å². The van der Waals surface area contributed by atoms with Gasteiger partial charge in [-0.2, -0.15) is 0 Å². The molecule has 16 heavy (non-hydrogen) atoms. The third kappa shape index (κ3) is 2.57. The molecule has 2 aromatic heterocycles. The molecule has 0 unspecified atom stereocenters. The Kier molecular flexibility index (Phi) is 3.51. The van der Waals surface area contributed by atoms with Crippen LogP contribution >= 0.6 is 27.3 Å². The van der Waals surface area contributed by atoms with Gasteiger partial charge in [0.1, 0.15) is 5.69 Å². The van der Waals surface area contributed by atoms with Crippen molar-refractivity contribution >= 4 is 33.0 Å². The highest BCUT2D eigenvalue weighted by atomic mass is 79.9. The summed E-state index contributed by atoms with van der Waals surface area (Å²) in [5, 5.41) is 0. The van der Waals surface area contributed by atoms with Gasteiger partial charge in [0.25, 0.3) is 0 Å². The Morgan fingerprint density at radius 2 is 2.25 bits per heavy atom. The molecule has 0 saturated heterocycles.